The Bertz CT molecular complexity index is 108. The van der Waals surface area contributed by atoms with Gasteiger partial charge < -0.3 is 15.5 Å². The van der Waals surface area contributed by atoms with Crippen molar-refractivity contribution in [2.24, 2.45) is 0 Å². The van der Waals surface area contributed by atoms with Crippen LogP contribution >= 0.6 is 12.4 Å². The molecule has 0 radical (unpaired) electrons. The molecule has 1 heterocycles. The van der Waals surface area contributed by atoms with Gasteiger partial charge in [-0.3, -0.25) is 0 Å². The normalized spacial score (nSPS) is 40.5. The zero-order chi connectivity index (χ0) is 6.91. The average Bonchev–Trinajstić information content (AvgIpc) is 1.77. The van der Waals surface area contributed by atoms with Gasteiger partial charge in [-0.15, -0.1) is 12.4 Å². The Morgan fingerprint density at radius 1 is 1.60 bits per heavy atom. The summed E-state index contributed by atoms with van der Waals surface area (Å²) in [7, 11) is 0. The van der Waals surface area contributed by atoms with Gasteiger partial charge in [0, 0.05) is 6.54 Å². The lowest BCUT2D eigenvalue weighted by molar-refractivity contribution is -0.0783. The molecule has 3 N–H and O–H groups in total. The molecule has 1 aliphatic heterocycles. The third-order valence-electron chi connectivity index (χ3n) is 1.86. The van der Waals surface area contributed by atoms with Gasteiger partial charge in [-0.2, -0.15) is 0 Å². The highest BCUT2D eigenvalue weighted by molar-refractivity contribution is 5.85. The van der Waals surface area contributed by atoms with E-state index in [9.17, 15) is 5.11 Å². The zero-order valence-corrected chi connectivity index (χ0v) is 6.82. The first kappa shape index (κ1) is 10.2. The third-order valence-corrected chi connectivity index (χ3v) is 1.86. The highest BCUT2D eigenvalue weighted by atomic mass is 35.5. The van der Waals surface area contributed by atoms with Gasteiger partial charge in [0.15, 0.2) is 0 Å². The summed E-state index contributed by atoms with van der Waals surface area (Å²) in [5.74, 6) is 0. The minimum Gasteiger partial charge on any atom is -0.389 e. The van der Waals surface area contributed by atoms with Crippen LogP contribution in [0.5, 0.6) is 0 Å². The Labute approximate surface area is 66.8 Å². The van der Waals surface area contributed by atoms with Gasteiger partial charge in [0.25, 0.3) is 0 Å². The van der Waals surface area contributed by atoms with E-state index < -0.39 is 11.7 Å². The number of piperidine rings is 1. The predicted octanol–water partition coefficient (Wildman–Crippen LogP) is -0.487. The highest BCUT2D eigenvalue weighted by Crippen LogP contribution is 2.16. The van der Waals surface area contributed by atoms with E-state index in [1.807, 2.05) is 0 Å². The topological polar surface area (TPSA) is 52.5 Å². The van der Waals surface area contributed by atoms with Gasteiger partial charge >= 0.3 is 0 Å². The monoisotopic (exact) mass is 167 g/mol. The first-order chi connectivity index (χ1) is 4.13. The summed E-state index contributed by atoms with van der Waals surface area (Å²) in [6.45, 7) is 2.97. The van der Waals surface area contributed by atoms with Gasteiger partial charge in [0.2, 0.25) is 0 Å². The van der Waals surface area contributed by atoms with Crippen LogP contribution in [0.15, 0.2) is 0 Å². The number of β-amino-alcohol motifs (C(OH)–C–C–N with tert-alkyl or cyclic N) is 1. The molecule has 10 heavy (non-hydrogen) atoms. The third kappa shape index (κ3) is 2.09. The number of aliphatic hydroxyl groups is 2. The molecule has 0 unspecified atom stereocenters. The predicted molar refractivity (Wildman–Crippen MR) is 41.4 cm³/mol. The molecule has 62 valence electrons. The van der Waals surface area contributed by atoms with Gasteiger partial charge in [-0.05, 0) is 19.9 Å². The first-order valence-corrected chi connectivity index (χ1v) is 3.24. The minimum atomic E-state index is -0.870. The van der Waals surface area contributed by atoms with Crippen molar-refractivity contribution in [2.75, 3.05) is 13.1 Å². The van der Waals surface area contributed by atoms with E-state index in [1.165, 1.54) is 0 Å². The minimum absolute atomic E-state index is 0. The van der Waals surface area contributed by atoms with Crippen molar-refractivity contribution < 1.29 is 10.2 Å². The van der Waals surface area contributed by atoms with Crippen molar-refractivity contribution in [2.45, 2.75) is 25.0 Å². The average molecular weight is 168 g/mol. The van der Waals surface area contributed by atoms with Crippen molar-refractivity contribution in [3.8, 4) is 0 Å². The number of hydrogen-bond acceptors (Lipinski definition) is 3. The van der Waals surface area contributed by atoms with Crippen LogP contribution in [-0.2, 0) is 0 Å². The van der Waals surface area contributed by atoms with Gasteiger partial charge in [-0.1, -0.05) is 0 Å². The van der Waals surface area contributed by atoms with Crippen LogP contribution in [-0.4, -0.2) is 35.0 Å². The lowest BCUT2D eigenvalue weighted by Crippen LogP contribution is -2.52. The van der Waals surface area contributed by atoms with Crippen LogP contribution in [0.4, 0.5) is 0 Å². The van der Waals surface area contributed by atoms with Crippen LogP contribution in [0.2, 0.25) is 0 Å². The largest absolute Gasteiger partial charge is 0.389 e. The molecule has 2 atom stereocenters. The van der Waals surface area contributed by atoms with E-state index in [0.717, 1.165) is 6.54 Å². The molecule has 0 aliphatic carbocycles. The zero-order valence-electron chi connectivity index (χ0n) is 6.00. The number of aliphatic hydroxyl groups excluding tert-OH is 1. The maximum absolute atomic E-state index is 9.35. The summed E-state index contributed by atoms with van der Waals surface area (Å²) < 4.78 is 0. The summed E-state index contributed by atoms with van der Waals surface area (Å²) in [5.41, 5.74) is -0.870. The molecule has 0 bridgehead atoms. The maximum Gasteiger partial charge on any atom is 0.0948 e. The quantitative estimate of drug-likeness (QED) is 0.457. The molecule has 3 nitrogen and oxygen atoms in total. The lowest BCUT2D eigenvalue weighted by atomic mass is 9.92. The van der Waals surface area contributed by atoms with Crippen molar-refractivity contribution in [1.82, 2.24) is 5.32 Å². The van der Waals surface area contributed by atoms with E-state index in [2.05, 4.69) is 5.32 Å². The van der Waals surface area contributed by atoms with Crippen molar-refractivity contribution in [1.29, 1.82) is 0 Å². The fraction of sp³-hybridized carbons (Fsp3) is 1.00. The smallest absolute Gasteiger partial charge is 0.0948 e. The SMILES string of the molecule is C[C@@]1(O)CCNC[C@@H]1O.Cl. The number of halogens is 1. The van der Waals surface area contributed by atoms with Crippen LogP contribution in [0, 0.1) is 0 Å². The summed E-state index contributed by atoms with van der Waals surface area (Å²) in [4.78, 5) is 0. The molecule has 0 aromatic carbocycles. The van der Waals surface area contributed by atoms with E-state index >= 15 is 0 Å². The molecule has 1 saturated heterocycles. The molecule has 0 spiro atoms. The summed E-state index contributed by atoms with van der Waals surface area (Å²) >= 11 is 0. The Morgan fingerprint density at radius 2 is 2.20 bits per heavy atom. The summed E-state index contributed by atoms with van der Waals surface area (Å²) in [6.07, 6.45) is 0.0278. The van der Waals surface area contributed by atoms with Crippen LogP contribution < -0.4 is 5.32 Å². The Morgan fingerprint density at radius 3 is 2.50 bits per heavy atom. The molecule has 0 aromatic rings. The van der Waals surface area contributed by atoms with Gasteiger partial charge in [0.05, 0.1) is 11.7 Å². The maximum atomic E-state index is 9.35. The van der Waals surface area contributed by atoms with Crippen molar-refractivity contribution in [3.63, 3.8) is 0 Å². The fourth-order valence-electron chi connectivity index (χ4n) is 0.967. The Balaban J connectivity index is 0.000000810. The van der Waals surface area contributed by atoms with Gasteiger partial charge in [-0.25, -0.2) is 0 Å². The number of hydrogen-bond donors (Lipinski definition) is 3. The van der Waals surface area contributed by atoms with E-state index in [0.29, 0.717) is 13.0 Å². The Kier molecular flexibility index (Phi) is 3.59. The van der Waals surface area contributed by atoms with E-state index in [-0.39, 0.29) is 12.4 Å². The standard InChI is InChI=1S/C6H13NO2.ClH/c1-6(9)2-3-7-4-5(6)8;/h5,7-9H,2-4H2,1H3;1H/t5-,6+;/m0./s1. The summed E-state index contributed by atoms with van der Waals surface area (Å²) in [6, 6.07) is 0. The molecular weight excluding hydrogens is 154 g/mol. The molecule has 4 heteroatoms. The molecule has 1 rings (SSSR count). The second-order valence-electron chi connectivity index (χ2n) is 2.83. The van der Waals surface area contributed by atoms with Crippen LogP contribution in [0.1, 0.15) is 13.3 Å². The lowest BCUT2D eigenvalue weighted by Gasteiger charge is -2.33. The van der Waals surface area contributed by atoms with Crippen molar-refractivity contribution >= 4 is 12.4 Å². The summed E-state index contributed by atoms with van der Waals surface area (Å²) in [5, 5.41) is 21.5. The van der Waals surface area contributed by atoms with Crippen LogP contribution in [0.25, 0.3) is 0 Å². The number of rotatable bonds is 0. The molecule has 0 amide bonds. The fourth-order valence-corrected chi connectivity index (χ4v) is 0.967. The van der Waals surface area contributed by atoms with E-state index in [4.69, 9.17) is 5.11 Å². The second-order valence-corrected chi connectivity index (χ2v) is 2.83. The molecule has 0 aromatic heterocycles. The molecule has 1 fully saturated rings. The Hall–Kier alpha value is 0.170. The van der Waals surface area contributed by atoms with E-state index in [1.54, 1.807) is 6.92 Å². The van der Waals surface area contributed by atoms with Crippen molar-refractivity contribution in [3.05, 3.63) is 0 Å². The molecular formula is C6H14ClNO2. The molecule has 1 aliphatic rings. The van der Waals surface area contributed by atoms with Crippen LogP contribution in [0.3, 0.4) is 0 Å². The van der Waals surface area contributed by atoms with Gasteiger partial charge in [0.1, 0.15) is 0 Å². The highest BCUT2D eigenvalue weighted by Gasteiger charge is 2.32. The first-order valence-electron chi connectivity index (χ1n) is 3.24. The second kappa shape index (κ2) is 3.53. The number of nitrogens with one attached hydrogen (secondary N) is 1. The molecule has 0 saturated carbocycles.